The summed E-state index contributed by atoms with van der Waals surface area (Å²) in [4.78, 5) is 0. The first-order valence-electron chi connectivity index (χ1n) is 27.0. The lowest BCUT2D eigenvalue weighted by molar-refractivity contribution is 0.324. The maximum absolute atomic E-state index is 12.5. The minimum Gasteiger partial charge on any atom is -0.508 e. The molecule has 5 N–H and O–H groups in total. The summed E-state index contributed by atoms with van der Waals surface area (Å²) < 4.78 is 0. The number of benzene rings is 5. The van der Waals surface area contributed by atoms with Gasteiger partial charge in [-0.1, -0.05) is 202 Å². The van der Waals surface area contributed by atoms with E-state index in [4.69, 9.17) is 0 Å². The highest BCUT2D eigenvalue weighted by atomic mass is 16.3. The number of hydrogen-bond acceptors (Lipinski definition) is 5. The molecule has 1 unspecified atom stereocenters. The van der Waals surface area contributed by atoms with Gasteiger partial charge in [-0.3, -0.25) is 0 Å². The van der Waals surface area contributed by atoms with Gasteiger partial charge in [0, 0.05) is 10.8 Å². The van der Waals surface area contributed by atoms with Crippen LogP contribution in [0.15, 0.2) is 60.7 Å². The largest absolute Gasteiger partial charge is 0.508 e. The smallest absolute Gasteiger partial charge is 0.123 e. The Hall–Kier alpha value is -4.90. The molecule has 0 radical (unpaired) electrons. The Morgan fingerprint density at radius 3 is 0.863 bits per heavy atom. The van der Waals surface area contributed by atoms with E-state index in [0.29, 0.717) is 30.1 Å². The molecule has 0 bridgehead atoms. The van der Waals surface area contributed by atoms with E-state index in [9.17, 15) is 25.5 Å². The van der Waals surface area contributed by atoms with Crippen LogP contribution in [0.2, 0.25) is 0 Å². The molecule has 0 saturated carbocycles. The monoisotopic (exact) mass is 995 g/mol. The fraction of sp³-hybridized carbons (Fsp3) is 0.559. The SMILES string of the molecule is Cc1cc(O)c(C(C)(C)C)cc1C(C)CC(CC(C)(c1cc(C(C)(C)C)c(O)c(C(C)(C)C)c1)c1cc(C(C)(C)C)c(O)c(C(C)(C)C)c1)(c1cc(C(C)(C)C)c(O)cc1C)c1cc(C(C)(C)C)c(O)cc1C. The molecule has 5 heteroatoms. The summed E-state index contributed by atoms with van der Waals surface area (Å²) in [6.45, 7) is 56.5. The van der Waals surface area contributed by atoms with E-state index < -0.39 is 43.3 Å². The Labute approximate surface area is 443 Å². The van der Waals surface area contributed by atoms with E-state index in [1.807, 2.05) is 18.2 Å². The van der Waals surface area contributed by atoms with Crippen LogP contribution in [-0.4, -0.2) is 25.5 Å². The lowest BCUT2D eigenvalue weighted by atomic mass is 9.55. The van der Waals surface area contributed by atoms with Crippen molar-refractivity contribution in [2.24, 2.45) is 0 Å². The summed E-state index contributed by atoms with van der Waals surface area (Å²) in [5.41, 5.74) is 9.78. The van der Waals surface area contributed by atoms with Gasteiger partial charge in [-0.05, 0) is 179 Å². The minimum atomic E-state index is -0.876. The second-order valence-corrected chi connectivity index (χ2v) is 29.9. The van der Waals surface area contributed by atoms with Crippen LogP contribution in [0.3, 0.4) is 0 Å². The third-order valence-corrected chi connectivity index (χ3v) is 16.1. The number of phenols is 5. The second kappa shape index (κ2) is 19.0. The van der Waals surface area contributed by atoms with Crippen molar-refractivity contribution in [3.05, 3.63) is 144 Å². The Balaban J connectivity index is 2.23. The van der Waals surface area contributed by atoms with Crippen LogP contribution in [0.1, 0.15) is 261 Å². The lowest BCUT2D eigenvalue weighted by Gasteiger charge is -2.48. The van der Waals surface area contributed by atoms with Crippen LogP contribution < -0.4 is 0 Å². The van der Waals surface area contributed by atoms with Gasteiger partial charge in [0.15, 0.2) is 0 Å². The predicted molar refractivity (Wildman–Crippen MR) is 311 cm³/mol. The summed E-state index contributed by atoms with van der Waals surface area (Å²) in [6.07, 6.45) is 1.11. The molecular formula is C68H98O5. The van der Waals surface area contributed by atoms with E-state index in [1.54, 1.807) is 0 Å². The third-order valence-electron chi connectivity index (χ3n) is 16.1. The summed E-state index contributed by atoms with van der Waals surface area (Å²) >= 11 is 0. The first-order valence-corrected chi connectivity index (χ1v) is 27.0. The molecule has 5 aromatic rings. The first-order chi connectivity index (χ1) is 32.7. The van der Waals surface area contributed by atoms with Crippen LogP contribution >= 0.6 is 0 Å². The van der Waals surface area contributed by atoms with Gasteiger partial charge >= 0.3 is 0 Å². The zero-order valence-corrected chi connectivity index (χ0v) is 50.5. The molecule has 0 aliphatic heterocycles. The number of rotatable bonds is 9. The molecular weight excluding hydrogens is 897 g/mol. The molecule has 0 amide bonds. The van der Waals surface area contributed by atoms with Crippen molar-refractivity contribution in [2.45, 2.75) is 248 Å². The molecule has 5 rings (SSSR count). The Morgan fingerprint density at radius 1 is 0.329 bits per heavy atom. The van der Waals surface area contributed by atoms with Gasteiger partial charge in [0.25, 0.3) is 0 Å². The van der Waals surface area contributed by atoms with Crippen molar-refractivity contribution in [3.63, 3.8) is 0 Å². The zero-order chi connectivity index (χ0) is 56.1. The van der Waals surface area contributed by atoms with Crippen molar-refractivity contribution >= 4 is 0 Å². The average Bonchev–Trinajstić information content (AvgIpc) is 3.17. The van der Waals surface area contributed by atoms with Crippen molar-refractivity contribution < 1.29 is 25.5 Å². The van der Waals surface area contributed by atoms with Crippen molar-refractivity contribution in [1.29, 1.82) is 0 Å². The van der Waals surface area contributed by atoms with E-state index in [1.165, 1.54) is 0 Å². The topological polar surface area (TPSA) is 101 Å². The highest BCUT2D eigenvalue weighted by molar-refractivity contribution is 5.62. The molecule has 0 aromatic heterocycles. The van der Waals surface area contributed by atoms with Gasteiger partial charge in [0.1, 0.15) is 28.7 Å². The molecule has 0 saturated heterocycles. The zero-order valence-electron chi connectivity index (χ0n) is 50.5. The Kier molecular flexibility index (Phi) is 15.4. The van der Waals surface area contributed by atoms with E-state index in [-0.39, 0.29) is 22.8 Å². The summed E-state index contributed by atoms with van der Waals surface area (Å²) in [5.74, 6) is 1.34. The Bertz CT molecular complexity index is 2650. The highest BCUT2D eigenvalue weighted by Crippen LogP contribution is 2.58. The highest BCUT2D eigenvalue weighted by Gasteiger charge is 2.49. The van der Waals surface area contributed by atoms with Crippen molar-refractivity contribution in [2.75, 3.05) is 0 Å². The molecule has 0 aliphatic rings. The second-order valence-electron chi connectivity index (χ2n) is 29.9. The summed E-state index contributed by atoms with van der Waals surface area (Å²) in [6, 6.07) is 21.7. The third kappa shape index (κ3) is 11.7. The molecule has 400 valence electrons. The quantitative estimate of drug-likeness (QED) is 0.101. The molecule has 73 heavy (non-hydrogen) atoms. The van der Waals surface area contributed by atoms with Crippen LogP contribution in [-0.2, 0) is 48.7 Å². The maximum atomic E-state index is 12.5. The van der Waals surface area contributed by atoms with Crippen molar-refractivity contribution in [1.82, 2.24) is 0 Å². The fourth-order valence-electron chi connectivity index (χ4n) is 11.9. The van der Waals surface area contributed by atoms with E-state index >= 15 is 0 Å². The molecule has 0 fully saturated rings. The summed E-state index contributed by atoms with van der Waals surface area (Å²) in [5, 5.41) is 60.5. The van der Waals surface area contributed by atoms with Gasteiger partial charge in [0.05, 0.1) is 0 Å². The maximum Gasteiger partial charge on any atom is 0.123 e. The van der Waals surface area contributed by atoms with Crippen LogP contribution in [0.4, 0.5) is 0 Å². The number of aryl methyl sites for hydroxylation is 3. The normalized spacial score (nSPS) is 14.2. The van der Waals surface area contributed by atoms with Gasteiger partial charge in [-0.2, -0.15) is 0 Å². The molecule has 0 heterocycles. The average molecular weight is 996 g/mol. The van der Waals surface area contributed by atoms with Crippen molar-refractivity contribution in [3.8, 4) is 28.7 Å². The standard InChI is InChI=1S/C68H98O5/c1-39-27-55(69)48(60(5,6)7)34-45(39)42(4)37-68(46-35-49(61(8,9)10)56(70)28-40(46)2,47-36-50(62(11,12)13)57(71)29-41(47)3)38-67(26,43-30-51(63(14,15)16)58(72)52(31-43)64(17,18)19)44-32-53(65(20,21)22)59(73)54(33-44)66(23,24)25/h27-36,42,69-73H,37-38H2,1-26H3. The predicted octanol–water partition coefficient (Wildman–Crippen LogP) is 18.1. The van der Waals surface area contributed by atoms with Gasteiger partial charge < -0.3 is 25.5 Å². The summed E-state index contributed by atoms with van der Waals surface area (Å²) in [7, 11) is 0. The van der Waals surface area contributed by atoms with Gasteiger partial charge in [0.2, 0.25) is 0 Å². The van der Waals surface area contributed by atoms with Crippen LogP contribution in [0, 0.1) is 20.8 Å². The van der Waals surface area contributed by atoms with E-state index in [0.717, 1.165) is 83.5 Å². The van der Waals surface area contributed by atoms with Crippen LogP contribution in [0.25, 0.3) is 0 Å². The molecule has 0 spiro atoms. The van der Waals surface area contributed by atoms with Gasteiger partial charge in [-0.25, -0.2) is 0 Å². The van der Waals surface area contributed by atoms with Crippen LogP contribution in [0.5, 0.6) is 28.7 Å². The molecule has 5 aromatic carbocycles. The Morgan fingerprint density at radius 2 is 0.589 bits per heavy atom. The van der Waals surface area contributed by atoms with Gasteiger partial charge in [-0.15, -0.1) is 0 Å². The fourth-order valence-corrected chi connectivity index (χ4v) is 11.9. The molecule has 5 nitrogen and oxygen atoms in total. The lowest BCUT2D eigenvalue weighted by Crippen LogP contribution is -2.41. The molecule has 1 atom stereocenters. The van der Waals surface area contributed by atoms with E-state index in [2.05, 4.69) is 222 Å². The number of hydrogen-bond donors (Lipinski definition) is 5. The molecule has 0 aliphatic carbocycles. The minimum absolute atomic E-state index is 0.0892. The first kappa shape index (κ1) is 59.0. The number of phenolic OH excluding ortho intramolecular Hbond substituents is 5. The number of aromatic hydroxyl groups is 5.